The van der Waals surface area contributed by atoms with Crippen LogP contribution in [0.5, 0.6) is 0 Å². The van der Waals surface area contributed by atoms with Gasteiger partial charge in [-0.3, -0.25) is 4.79 Å². The van der Waals surface area contributed by atoms with E-state index in [1.807, 2.05) is 12.1 Å². The second kappa shape index (κ2) is 6.91. The monoisotopic (exact) mass is 280 g/mol. The summed E-state index contributed by atoms with van der Waals surface area (Å²) >= 11 is 0. The van der Waals surface area contributed by atoms with Gasteiger partial charge in [-0.1, -0.05) is 18.2 Å². The number of nitrogens with one attached hydrogen (secondary N) is 2. The summed E-state index contributed by atoms with van der Waals surface area (Å²) in [7, 11) is 1.58. The maximum atomic E-state index is 11.9. The minimum atomic E-state index is -0.963. The number of para-hydroxylation sites is 1. The molecule has 0 radical (unpaired) electrons. The highest BCUT2D eigenvalue weighted by molar-refractivity contribution is 5.90. The second-order valence-electron chi connectivity index (χ2n) is 5.12. The molecule has 1 rings (SSSR count). The van der Waals surface area contributed by atoms with Gasteiger partial charge in [-0.15, -0.1) is 0 Å². The van der Waals surface area contributed by atoms with Gasteiger partial charge in [-0.2, -0.15) is 0 Å². The van der Waals surface area contributed by atoms with Crippen LogP contribution in [0, 0.1) is 0 Å². The zero-order valence-corrected chi connectivity index (χ0v) is 11.9. The Kier molecular flexibility index (Phi) is 5.52. The number of amides is 2. The van der Waals surface area contributed by atoms with Gasteiger partial charge in [0, 0.05) is 23.9 Å². The SMILES string of the molecule is COCc1ccccc1NC(=O)NC(C)(C)CC(=O)O. The van der Waals surface area contributed by atoms with Gasteiger partial charge in [0.25, 0.3) is 0 Å². The van der Waals surface area contributed by atoms with Crippen LogP contribution < -0.4 is 10.6 Å². The third-order valence-corrected chi connectivity index (χ3v) is 2.61. The maximum absolute atomic E-state index is 11.9. The summed E-state index contributed by atoms with van der Waals surface area (Å²) < 4.78 is 5.05. The molecule has 0 saturated heterocycles. The smallest absolute Gasteiger partial charge is 0.319 e. The van der Waals surface area contributed by atoms with Crippen molar-refractivity contribution in [3.05, 3.63) is 29.8 Å². The van der Waals surface area contributed by atoms with E-state index < -0.39 is 17.5 Å². The average molecular weight is 280 g/mol. The predicted octanol–water partition coefficient (Wildman–Crippen LogP) is 2.21. The highest BCUT2D eigenvalue weighted by atomic mass is 16.5. The molecule has 0 atom stereocenters. The molecular weight excluding hydrogens is 260 g/mol. The van der Waals surface area contributed by atoms with E-state index in [0.717, 1.165) is 5.56 Å². The molecule has 0 aromatic heterocycles. The Bertz CT molecular complexity index is 486. The van der Waals surface area contributed by atoms with Crippen LogP contribution in [0.4, 0.5) is 10.5 Å². The van der Waals surface area contributed by atoms with Crippen molar-refractivity contribution in [3.8, 4) is 0 Å². The summed E-state index contributed by atoms with van der Waals surface area (Å²) in [5.74, 6) is -0.963. The zero-order valence-electron chi connectivity index (χ0n) is 11.9. The van der Waals surface area contributed by atoms with E-state index in [2.05, 4.69) is 10.6 Å². The third-order valence-electron chi connectivity index (χ3n) is 2.61. The van der Waals surface area contributed by atoms with Crippen molar-refractivity contribution in [1.29, 1.82) is 0 Å². The van der Waals surface area contributed by atoms with Gasteiger partial charge < -0.3 is 20.5 Å². The molecule has 0 aliphatic rings. The van der Waals surface area contributed by atoms with Crippen molar-refractivity contribution >= 4 is 17.7 Å². The molecule has 0 heterocycles. The molecule has 0 bridgehead atoms. The quantitative estimate of drug-likeness (QED) is 0.745. The van der Waals surface area contributed by atoms with E-state index in [1.165, 1.54) is 0 Å². The minimum Gasteiger partial charge on any atom is -0.481 e. The van der Waals surface area contributed by atoms with Gasteiger partial charge >= 0.3 is 12.0 Å². The second-order valence-corrected chi connectivity index (χ2v) is 5.12. The van der Waals surface area contributed by atoms with Crippen molar-refractivity contribution in [2.75, 3.05) is 12.4 Å². The van der Waals surface area contributed by atoms with Crippen LogP contribution in [0.15, 0.2) is 24.3 Å². The standard InChI is InChI=1S/C14H20N2O4/c1-14(2,8-12(17)18)16-13(19)15-11-7-5-4-6-10(11)9-20-3/h4-7H,8-9H2,1-3H3,(H,17,18)(H2,15,16,19). The zero-order chi connectivity index (χ0) is 15.2. The highest BCUT2D eigenvalue weighted by Gasteiger charge is 2.24. The number of hydrogen-bond acceptors (Lipinski definition) is 3. The lowest BCUT2D eigenvalue weighted by Crippen LogP contribution is -2.46. The largest absolute Gasteiger partial charge is 0.481 e. The van der Waals surface area contributed by atoms with Crippen LogP contribution in [0.2, 0.25) is 0 Å². The lowest BCUT2D eigenvalue weighted by atomic mass is 10.0. The van der Waals surface area contributed by atoms with Crippen LogP contribution in [-0.4, -0.2) is 29.8 Å². The Morgan fingerprint density at radius 2 is 1.95 bits per heavy atom. The molecule has 110 valence electrons. The molecule has 1 aromatic rings. The molecular formula is C14H20N2O4. The van der Waals surface area contributed by atoms with E-state index in [0.29, 0.717) is 12.3 Å². The first-order chi connectivity index (χ1) is 9.34. The summed E-state index contributed by atoms with van der Waals surface area (Å²) in [6.07, 6.45) is -0.153. The van der Waals surface area contributed by atoms with Gasteiger partial charge in [-0.25, -0.2) is 4.79 Å². The number of carboxylic acid groups (broad SMARTS) is 1. The van der Waals surface area contributed by atoms with Gasteiger partial charge in [0.1, 0.15) is 0 Å². The Labute approximate surface area is 118 Å². The Morgan fingerprint density at radius 3 is 2.55 bits per heavy atom. The minimum absolute atomic E-state index is 0.153. The highest BCUT2D eigenvalue weighted by Crippen LogP contribution is 2.16. The maximum Gasteiger partial charge on any atom is 0.319 e. The fourth-order valence-corrected chi connectivity index (χ4v) is 1.81. The number of aliphatic carboxylic acids is 1. The van der Waals surface area contributed by atoms with Crippen LogP contribution >= 0.6 is 0 Å². The van der Waals surface area contributed by atoms with Gasteiger partial charge in [-0.05, 0) is 19.9 Å². The van der Waals surface area contributed by atoms with Crippen molar-refractivity contribution in [3.63, 3.8) is 0 Å². The summed E-state index contributed by atoms with van der Waals surface area (Å²) in [6, 6.07) is 6.82. The third kappa shape index (κ3) is 5.27. The van der Waals surface area contributed by atoms with E-state index in [9.17, 15) is 9.59 Å². The van der Waals surface area contributed by atoms with E-state index in [-0.39, 0.29) is 6.42 Å². The number of carbonyl (C=O) groups is 2. The molecule has 0 fully saturated rings. The van der Waals surface area contributed by atoms with Gasteiger partial charge in [0.2, 0.25) is 0 Å². The van der Waals surface area contributed by atoms with Gasteiger partial charge in [0.05, 0.1) is 13.0 Å². The molecule has 0 spiro atoms. The lowest BCUT2D eigenvalue weighted by molar-refractivity contribution is -0.138. The molecule has 2 amide bonds. The van der Waals surface area contributed by atoms with Crippen LogP contribution in [0.1, 0.15) is 25.8 Å². The lowest BCUT2D eigenvalue weighted by Gasteiger charge is -2.24. The predicted molar refractivity (Wildman–Crippen MR) is 75.6 cm³/mol. The summed E-state index contributed by atoms with van der Waals surface area (Å²) in [5, 5.41) is 14.1. The van der Waals surface area contributed by atoms with E-state index >= 15 is 0 Å². The number of ether oxygens (including phenoxy) is 1. The first-order valence-electron chi connectivity index (χ1n) is 6.22. The first kappa shape index (κ1) is 16.0. The normalized spacial score (nSPS) is 10.9. The van der Waals surface area contributed by atoms with Crippen LogP contribution in [0.3, 0.4) is 0 Å². The number of hydrogen-bond donors (Lipinski definition) is 3. The van der Waals surface area contributed by atoms with Crippen molar-refractivity contribution in [2.24, 2.45) is 0 Å². The molecule has 1 aromatic carbocycles. The fraction of sp³-hybridized carbons (Fsp3) is 0.429. The Hall–Kier alpha value is -2.08. The Morgan fingerprint density at radius 1 is 1.30 bits per heavy atom. The van der Waals surface area contributed by atoms with Crippen molar-refractivity contribution in [2.45, 2.75) is 32.4 Å². The molecule has 0 unspecified atom stereocenters. The number of urea groups is 1. The van der Waals surface area contributed by atoms with Crippen molar-refractivity contribution in [1.82, 2.24) is 5.32 Å². The van der Waals surface area contributed by atoms with Gasteiger partial charge in [0.15, 0.2) is 0 Å². The number of methoxy groups -OCH3 is 1. The number of rotatable bonds is 6. The molecule has 6 heteroatoms. The first-order valence-corrected chi connectivity index (χ1v) is 6.22. The average Bonchev–Trinajstić information content (AvgIpc) is 2.29. The molecule has 0 saturated carbocycles. The number of carbonyl (C=O) groups excluding carboxylic acids is 1. The van der Waals surface area contributed by atoms with E-state index in [4.69, 9.17) is 9.84 Å². The molecule has 6 nitrogen and oxygen atoms in total. The fourth-order valence-electron chi connectivity index (χ4n) is 1.81. The topological polar surface area (TPSA) is 87.7 Å². The molecule has 0 aliphatic heterocycles. The molecule has 20 heavy (non-hydrogen) atoms. The summed E-state index contributed by atoms with van der Waals surface area (Å²) in [6.45, 7) is 3.69. The van der Waals surface area contributed by atoms with Crippen molar-refractivity contribution < 1.29 is 19.4 Å². The summed E-state index contributed by atoms with van der Waals surface area (Å²) in [5.41, 5.74) is 0.658. The van der Waals surface area contributed by atoms with Crippen LogP contribution in [0.25, 0.3) is 0 Å². The van der Waals surface area contributed by atoms with Crippen LogP contribution in [-0.2, 0) is 16.1 Å². The molecule has 3 N–H and O–H groups in total. The molecule has 0 aliphatic carbocycles. The number of benzene rings is 1. The van der Waals surface area contributed by atoms with E-state index in [1.54, 1.807) is 33.1 Å². The number of anilines is 1. The summed E-state index contributed by atoms with van der Waals surface area (Å²) in [4.78, 5) is 22.6. The number of carboxylic acids is 1. The Balaban J connectivity index is 2.69.